The summed E-state index contributed by atoms with van der Waals surface area (Å²) in [6.45, 7) is 2.61. The number of nitriles is 1. The summed E-state index contributed by atoms with van der Waals surface area (Å²) in [6.07, 6.45) is 0. The number of halogens is 2. The molecular weight excluding hydrogens is 272 g/mol. The molecule has 21 heavy (non-hydrogen) atoms. The SMILES string of the molecule is CCN(Cc1ccc(N)cc1)c1c(F)cc(C#N)cc1F. The molecule has 2 aromatic rings. The first-order valence-electron chi connectivity index (χ1n) is 6.53. The lowest BCUT2D eigenvalue weighted by Gasteiger charge is -2.24. The second kappa shape index (κ2) is 6.23. The lowest BCUT2D eigenvalue weighted by atomic mass is 10.1. The predicted molar refractivity (Wildman–Crippen MR) is 78.7 cm³/mol. The van der Waals surface area contributed by atoms with E-state index in [1.165, 1.54) is 0 Å². The molecule has 0 spiro atoms. The number of rotatable bonds is 4. The summed E-state index contributed by atoms with van der Waals surface area (Å²) in [7, 11) is 0. The molecule has 0 radical (unpaired) electrons. The van der Waals surface area contributed by atoms with Gasteiger partial charge in [0.2, 0.25) is 0 Å². The van der Waals surface area contributed by atoms with Gasteiger partial charge in [-0.1, -0.05) is 12.1 Å². The second-order valence-corrected chi connectivity index (χ2v) is 4.66. The fourth-order valence-electron chi connectivity index (χ4n) is 2.12. The van der Waals surface area contributed by atoms with E-state index in [4.69, 9.17) is 11.0 Å². The van der Waals surface area contributed by atoms with Crippen LogP contribution in [-0.2, 0) is 6.54 Å². The third-order valence-electron chi connectivity index (χ3n) is 3.20. The van der Waals surface area contributed by atoms with Crippen molar-refractivity contribution in [3.63, 3.8) is 0 Å². The number of anilines is 2. The van der Waals surface area contributed by atoms with Gasteiger partial charge in [-0.25, -0.2) is 8.78 Å². The van der Waals surface area contributed by atoms with Crippen LogP contribution in [0, 0.1) is 23.0 Å². The average molecular weight is 287 g/mol. The molecule has 0 heterocycles. The van der Waals surface area contributed by atoms with E-state index in [-0.39, 0.29) is 11.3 Å². The molecule has 2 N–H and O–H groups in total. The van der Waals surface area contributed by atoms with Gasteiger partial charge in [-0.05, 0) is 36.8 Å². The summed E-state index contributed by atoms with van der Waals surface area (Å²) < 4.78 is 28.1. The summed E-state index contributed by atoms with van der Waals surface area (Å²) in [6, 6.07) is 11.0. The molecular formula is C16H15F2N3. The highest BCUT2D eigenvalue weighted by Gasteiger charge is 2.17. The van der Waals surface area contributed by atoms with Crippen molar-refractivity contribution in [2.24, 2.45) is 0 Å². The van der Waals surface area contributed by atoms with Gasteiger partial charge in [0, 0.05) is 18.8 Å². The van der Waals surface area contributed by atoms with Gasteiger partial charge in [-0.15, -0.1) is 0 Å². The molecule has 0 aliphatic rings. The molecule has 0 amide bonds. The van der Waals surface area contributed by atoms with Crippen LogP contribution in [0.5, 0.6) is 0 Å². The van der Waals surface area contributed by atoms with Gasteiger partial charge in [0.25, 0.3) is 0 Å². The highest BCUT2D eigenvalue weighted by molar-refractivity contribution is 5.53. The van der Waals surface area contributed by atoms with E-state index in [0.29, 0.717) is 18.8 Å². The topological polar surface area (TPSA) is 53.0 Å². The van der Waals surface area contributed by atoms with Crippen molar-refractivity contribution in [1.29, 1.82) is 5.26 Å². The van der Waals surface area contributed by atoms with Crippen LogP contribution in [0.4, 0.5) is 20.2 Å². The van der Waals surface area contributed by atoms with Gasteiger partial charge in [-0.2, -0.15) is 5.26 Å². The lowest BCUT2D eigenvalue weighted by molar-refractivity contribution is 0.570. The van der Waals surface area contributed by atoms with Gasteiger partial charge < -0.3 is 10.6 Å². The summed E-state index contributed by atoms with van der Waals surface area (Å²) >= 11 is 0. The Labute approximate surface area is 122 Å². The molecule has 108 valence electrons. The highest BCUT2D eigenvalue weighted by Crippen LogP contribution is 2.26. The molecule has 2 rings (SSSR count). The monoisotopic (exact) mass is 287 g/mol. The van der Waals surface area contributed by atoms with E-state index in [0.717, 1.165) is 17.7 Å². The van der Waals surface area contributed by atoms with Crippen LogP contribution in [0.1, 0.15) is 18.1 Å². The Kier molecular flexibility index (Phi) is 4.39. The molecule has 0 fully saturated rings. The zero-order valence-corrected chi connectivity index (χ0v) is 11.6. The van der Waals surface area contributed by atoms with Crippen molar-refractivity contribution in [1.82, 2.24) is 0 Å². The molecule has 0 aliphatic carbocycles. The van der Waals surface area contributed by atoms with Crippen LogP contribution >= 0.6 is 0 Å². The molecule has 0 saturated carbocycles. The molecule has 0 unspecified atom stereocenters. The number of benzene rings is 2. The zero-order valence-electron chi connectivity index (χ0n) is 11.6. The summed E-state index contributed by atoms with van der Waals surface area (Å²) in [5, 5.41) is 8.73. The van der Waals surface area contributed by atoms with Gasteiger partial charge in [-0.3, -0.25) is 0 Å². The Hall–Kier alpha value is -2.61. The summed E-state index contributed by atoms with van der Waals surface area (Å²) in [4.78, 5) is 1.58. The Bertz CT molecular complexity index is 652. The molecule has 0 saturated heterocycles. The largest absolute Gasteiger partial charge is 0.399 e. The Morgan fingerprint density at radius 3 is 2.19 bits per heavy atom. The maximum atomic E-state index is 14.0. The smallest absolute Gasteiger partial charge is 0.150 e. The zero-order chi connectivity index (χ0) is 15.4. The standard InChI is InChI=1S/C16H15F2N3/c1-2-21(10-11-3-5-13(20)6-4-11)16-14(17)7-12(9-19)8-15(16)18/h3-8H,2,10,20H2,1H3. The lowest BCUT2D eigenvalue weighted by Crippen LogP contribution is -2.24. The van der Waals surface area contributed by atoms with Crippen molar-refractivity contribution < 1.29 is 8.78 Å². The first-order chi connectivity index (χ1) is 10.0. The average Bonchev–Trinajstić information content (AvgIpc) is 2.47. The van der Waals surface area contributed by atoms with E-state index in [1.54, 1.807) is 23.1 Å². The van der Waals surface area contributed by atoms with Crippen molar-refractivity contribution in [3.05, 3.63) is 59.2 Å². The van der Waals surface area contributed by atoms with Crippen molar-refractivity contribution in [3.8, 4) is 6.07 Å². The highest BCUT2D eigenvalue weighted by atomic mass is 19.1. The van der Waals surface area contributed by atoms with Crippen LogP contribution in [0.25, 0.3) is 0 Å². The number of nitrogen functional groups attached to an aromatic ring is 1. The maximum absolute atomic E-state index is 14.0. The van der Waals surface area contributed by atoms with Crippen LogP contribution < -0.4 is 10.6 Å². The Balaban J connectivity index is 2.34. The van der Waals surface area contributed by atoms with E-state index in [9.17, 15) is 8.78 Å². The van der Waals surface area contributed by atoms with Gasteiger partial charge >= 0.3 is 0 Å². The van der Waals surface area contributed by atoms with E-state index >= 15 is 0 Å². The molecule has 3 nitrogen and oxygen atoms in total. The first-order valence-corrected chi connectivity index (χ1v) is 6.53. The van der Waals surface area contributed by atoms with E-state index in [2.05, 4.69) is 0 Å². The Morgan fingerprint density at radius 2 is 1.71 bits per heavy atom. The van der Waals surface area contributed by atoms with Gasteiger partial charge in [0.15, 0.2) is 11.6 Å². The molecule has 0 aliphatic heterocycles. The number of hydrogen-bond donors (Lipinski definition) is 1. The van der Waals surface area contributed by atoms with Crippen LogP contribution in [0.2, 0.25) is 0 Å². The predicted octanol–water partition coefficient (Wildman–Crippen LogP) is 3.45. The maximum Gasteiger partial charge on any atom is 0.150 e. The third-order valence-corrected chi connectivity index (χ3v) is 3.20. The summed E-state index contributed by atoms with van der Waals surface area (Å²) in [5.74, 6) is -1.47. The van der Waals surface area contributed by atoms with Crippen LogP contribution in [0.15, 0.2) is 36.4 Å². The summed E-state index contributed by atoms with van der Waals surface area (Å²) in [5.41, 5.74) is 7.00. The number of hydrogen-bond acceptors (Lipinski definition) is 3. The van der Waals surface area contributed by atoms with Gasteiger partial charge in [0.05, 0.1) is 11.6 Å². The normalized spacial score (nSPS) is 10.2. The quantitative estimate of drug-likeness (QED) is 0.876. The Morgan fingerprint density at radius 1 is 1.14 bits per heavy atom. The van der Waals surface area contributed by atoms with Crippen molar-refractivity contribution in [2.45, 2.75) is 13.5 Å². The number of nitrogens with two attached hydrogens (primary N) is 1. The van der Waals surface area contributed by atoms with Gasteiger partial charge in [0.1, 0.15) is 5.69 Å². The molecule has 2 aromatic carbocycles. The fourth-order valence-corrected chi connectivity index (χ4v) is 2.12. The van der Waals surface area contributed by atoms with Crippen molar-refractivity contribution >= 4 is 11.4 Å². The first kappa shape index (κ1) is 14.8. The molecule has 5 heteroatoms. The van der Waals surface area contributed by atoms with E-state index in [1.807, 2.05) is 19.1 Å². The minimum atomic E-state index is -0.733. The molecule has 0 atom stereocenters. The number of nitrogens with zero attached hydrogens (tertiary/aromatic N) is 2. The minimum absolute atomic E-state index is 0.0303. The fraction of sp³-hybridized carbons (Fsp3) is 0.188. The second-order valence-electron chi connectivity index (χ2n) is 4.66. The molecule has 0 bridgehead atoms. The third kappa shape index (κ3) is 3.29. The van der Waals surface area contributed by atoms with Crippen molar-refractivity contribution in [2.75, 3.05) is 17.2 Å². The molecule has 0 aromatic heterocycles. The minimum Gasteiger partial charge on any atom is -0.399 e. The van der Waals surface area contributed by atoms with Crippen LogP contribution in [0.3, 0.4) is 0 Å². The van der Waals surface area contributed by atoms with Crippen LogP contribution in [-0.4, -0.2) is 6.54 Å². The van der Waals surface area contributed by atoms with E-state index < -0.39 is 11.6 Å².